The number of nitrogen functional groups attached to an aromatic ring is 2. The first-order valence-corrected chi connectivity index (χ1v) is 2.00. The van der Waals surface area contributed by atoms with E-state index in [0.717, 1.165) is 0 Å². The summed E-state index contributed by atoms with van der Waals surface area (Å²) in [7, 11) is 0. The molecule has 0 fully saturated rings. The Balaban J connectivity index is 0.000000640. The zero-order valence-electron chi connectivity index (χ0n) is 4.65. The van der Waals surface area contributed by atoms with Crippen LogP contribution in [0.25, 0.3) is 0 Å². The van der Waals surface area contributed by atoms with Gasteiger partial charge in [-0.3, -0.25) is 0 Å². The minimum atomic E-state index is 0. The Morgan fingerprint density at radius 2 is 2.00 bits per heavy atom. The highest BCUT2D eigenvalue weighted by Crippen LogP contribution is 2.02. The molecule has 4 N–H and O–H groups in total. The number of hydrogen-bond donors (Lipinski definition) is 2. The molecule has 0 aliphatic heterocycles. The summed E-state index contributed by atoms with van der Waals surface area (Å²) in [4.78, 5) is 0. The van der Waals surface area contributed by atoms with Gasteiger partial charge in [-0.05, 0) is 12.6 Å². The molecule has 0 atom stereocenters. The van der Waals surface area contributed by atoms with Gasteiger partial charge in [-0.1, -0.05) is 0 Å². The largest absolute Gasteiger partial charge is 0.394 e. The van der Waals surface area contributed by atoms with Crippen LogP contribution in [0, 0.1) is 7.43 Å². The van der Waals surface area contributed by atoms with Crippen molar-refractivity contribution in [3.63, 3.8) is 0 Å². The third-order valence-corrected chi connectivity index (χ3v) is 0.697. The number of anilines is 2. The minimum absolute atomic E-state index is 0. The third kappa shape index (κ3) is 1.52. The maximum Gasteiger partial charge on any atom is 0.172 e. The Morgan fingerprint density at radius 1 is 1.33 bits per heavy atom. The summed E-state index contributed by atoms with van der Waals surface area (Å²) in [6, 6.07) is 0. The second-order valence-electron chi connectivity index (χ2n) is 1.27. The highest BCUT2D eigenvalue weighted by molar-refractivity contribution is 5.54. The highest BCUT2D eigenvalue weighted by atomic mass is 15.3. The molecule has 0 aromatic carbocycles. The molecule has 0 bridgehead atoms. The number of rotatable bonds is 0. The molecule has 5 nitrogen and oxygen atoms in total. The van der Waals surface area contributed by atoms with Gasteiger partial charge in [0.25, 0.3) is 0 Å². The van der Waals surface area contributed by atoms with Crippen LogP contribution in [0.15, 0.2) is 6.20 Å². The monoisotopic (exact) mass is 124 g/mol. The van der Waals surface area contributed by atoms with Gasteiger partial charge in [0.1, 0.15) is 0 Å². The summed E-state index contributed by atoms with van der Waals surface area (Å²) in [6.45, 7) is 0. The summed E-state index contributed by atoms with van der Waals surface area (Å²) < 4.78 is 0. The summed E-state index contributed by atoms with van der Waals surface area (Å²) in [5.41, 5.74) is 10.8. The van der Waals surface area contributed by atoms with Crippen molar-refractivity contribution in [2.24, 2.45) is 0 Å². The second-order valence-corrected chi connectivity index (χ2v) is 1.27. The van der Waals surface area contributed by atoms with Gasteiger partial charge < -0.3 is 11.5 Å². The van der Waals surface area contributed by atoms with E-state index in [2.05, 4.69) is 15.4 Å². The molecule has 0 aliphatic rings. The zero-order chi connectivity index (χ0) is 5.98. The maximum absolute atomic E-state index is 5.23. The van der Waals surface area contributed by atoms with Crippen molar-refractivity contribution in [3.05, 3.63) is 13.6 Å². The lowest BCUT2D eigenvalue weighted by Crippen LogP contribution is -2.00. The molecule has 0 unspecified atom stereocenters. The fourth-order valence-corrected chi connectivity index (χ4v) is 0.286. The lowest BCUT2D eigenvalue weighted by atomic mass is 10.5. The molecule has 3 radical (unpaired) electrons. The molecule has 5 heteroatoms. The Bertz CT molecular complexity index is 165. The first-order chi connectivity index (χ1) is 3.80. The summed E-state index contributed by atoms with van der Waals surface area (Å²) in [6.07, 6.45) is 1.35. The Hall–Kier alpha value is -1.39. The Labute approximate surface area is 53.1 Å². The summed E-state index contributed by atoms with van der Waals surface area (Å²) in [5, 5.41) is 9.99. The topological polar surface area (TPSA) is 90.7 Å². The molecule has 0 aliphatic carbocycles. The van der Waals surface area contributed by atoms with E-state index in [0.29, 0.717) is 5.69 Å². The van der Waals surface area contributed by atoms with Crippen molar-refractivity contribution in [2.75, 3.05) is 11.5 Å². The molecule has 47 valence electrons. The number of nitrogens with zero attached hydrogens (tertiary/aromatic N) is 3. The minimum Gasteiger partial charge on any atom is -0.394 e. The number of nitrogens with two attached hydrogens (primary N) is 2. The second kappa shape index (κ2) is 2.81. The average Bonchev–Trinajstić information content (AvgIpc) is 1.77. The van der Waals surface area contributed by atoms with E-state index in [1.165, 1.54) is 6.20 Å². The van der Waals surface area contributed by atoms with Gasteiger partial charge in [0, 0.05) is 0 Å². The fourth-order valence-electron chi connectivity index (χ4n) is 0.286. The smallest absolute Gasteiger partial charge is 0.172 e. The molecule has 0 spiro atoms. The molecular formula is C4H6N5. The van der Waals surface area contributed by atoms with Crippen LogP contribution in [0.2, 0.25) is 0 Å². The number of hydrogen-bond acceptors (Lipinski definition) is 5. The van der Waals surface area contributed by atoms with Crippen LogP contribution in [-0.4, -0.2) is 15.4 Å². The van der Waals surface area contributed by atoms with Gasteiger partial charge in [-0.2, -0.15) is 0 Å². The Kier molecular flexibility index (Phi) is 2.37. The molecule has 0 saturated heterocycles. The van der Waals surface area contributed by atoms with Crippen molar-refractivity contribution < 1.29 is 0 Å². The molecule has 1 aromatic rings. The van der Waals surface area contributed by atoms with Gasteiger partial charge >= 0.3 is 0 Å². The van der Waals surface area contributed by atoms with E-state index < -0.39 is 0 Å². The average molecular weight is 124 g/mol. The van der Waals surface area contributed by atoms with Crippen LogP contribution >= 0.6 is 0 Å². The van der Waals surface area contributed by atoms with Crippen molar-refractivity contribution >= 4 is 11.5 Å². The van der Waals surface area contributed by atoms with Gasteiger partial charge in [0.05, 0.1) is 11.9 Å². The molecular weight excluding hydrogens is 118 g/mol. The van der Waals surface area contributed by atoms with E-state index in [-0.39, 0.29) is 13.2 Å². The predicted molar refractivity (Wildman–Crippen MR) is 33.0 cm³/mol. The first kappa shape index (κ1) is 7.61. The standard InChI is InChI=1S/C3H5N5.CH/c4-2-1-6-8-7-3(2)5;/h1H,(H2,4,8)(H2,5,6,7);1H. The molecule has 1 aromatic heterocycles. The van der Waals surface area contributed by atoms with E-state index in [1.54, 1.807) is 0 Å². The molecule has 0 saturated carbocycles. The van der Waals surface area contributed by atoms with Crippen LogP contribution in [-0.2, 0) is 0 Å². The lowest BCUT2D eigenvalue weighted by Gasteiger charge is -1.90. The van der Waals surface area contributed by atoms with Crippen LogP contribution in [0.1, 0.15) is 0 Å². The first-order valence-electron chi connectivity index (χ1n) is 2.00. The van der Waals surface area contributed by atoms with Crippen LogP contribution in [0.4, 0.5) is 11.5 Å². The predicted octanol–water partition coefficient (Wildman–Crippen LogP) is -0.760. The van der Waals surface area contributed by atoms with E-state index in [9.17, 15) is 0 Å². The molecule has 1 heterocycles. The van der Waals surface area contributed by atoms with Crippen LogP contribution in [0.3, 0.4) is 0 Å². The molecule has 0 amide bonds. The molecule has 9 heavy (non-hydrogen) atoms. The summed E-state index contributed by atoms with van der Waals surface area (Å²) >= 11 is 0. The van der Waals surface area contributed by atoms with Crippen molar-refractivity contribution in [1.29, 1.82) is 0 Å². The highest BCUT2D eigenvalue weighted by Gasteiger charge is 1.90. The quantitative estimate of drug-likeness (QED) is 0.474. The van der Waals surface area contributed by atoms with E-state index >= 15 is 0 Å². The van der Waals surface area contributed by atoms with Gasteiger partial charge in [0.15, 0.2) is 5.82 Å². The third-order valence-electron chi connectivity index (χ3n) is 0.697. The normalized spacial score (nSPS) is 8.00. The van der Waals surface area contributed by atoms with Crippen LogP contribution in [0.5, 0.6) is 0 Å². The van der Waals surface area contributed by atoms with Crippen molar-refractivity contribution in [2.45, 2.75) is 0 Å². The maximum atomic E-state index is 5.23. The fraction of sp³-hybridized carbons (Fsp3) is 0. The van der Waals surface area contributed by atoms with Gasteiger partial charge in [-0.25, -0.2) is 0 Å². The summed E-state index contributed by atoms with van der Waals surface area (Å²) in [5.74, 6) is 0.222. The van der Waals surface area contributed by atoms with Gasteiger partial charge in [0.2, 0.25) is 0 Å². The van der Waals surface area contributed by atoms with E-state index in [4.69, 9.17) is 11.5 Å². The van der Waals surface area contributed by atoms with Crippen molar-refractivity contribution in [3.8, 4) is 0 Å². The zero-order valence-corrected chi connectivity index (χ0v) is 4.65. The molecule has 1 rings (SSSR count). The Morgan fingerprint density at radius 3 is 2.33 bits per heavy atom. The number of aromatic nitrogens is 3. The SMILES string of the molecule is Nc1cnnnc1N.[CH]. The van der Waals surface area contributed by atoms with Gasteiger partial charge in [-0.15, -0.1) is 10.2 Å². The van der Waals surface area contributed by atoms with Crippen LogP contribution < -0.4 is 11.5 Å². The van der Waals surface area contributed by atoms with Crippen molar-refractivity contribution in [1.82, 2.24) is 15.4 Å². The lowest BCUT2D eigenvalue weighted by molar-refractivity contribution is 0.876. The van der Waals surface area contributed by atoms with E-state index in [1.807, 2.05) is 0 Å².